The average Bonchev–Trinajstić information content (AvgIpc) is 3.36. The molecular formula is C61H114NO8P. The largest absolute Gasteiger partial charge is 0.472 e. The van der Waals surface area contributed by atoms with Crippen molar-refractivity contribution in [2.75, 3.05) is 26.4 Å². The van der Waals surface area contributed by atoms with Crippen LogP contribution >= 0.6 is 7.82 Å². The summed E-state index contributed by atoms with van der Waals surface area (Å²) < 4.78 is 32.9. The van der Waals surface area contributed by atoms with Crippen molar-refractivity contribution in [1.29, 1.82) is 0 Å². The lowest BCUT2D eigenvalue weighted by atomic mass is 10.0. The molecule has 0 aromatic rings. The zero-order valence-electron chi connectivity index (χ0n) is 46.5. The van der Waals surface area contributed by atoms with Gasteiger partial charge in [0.1, 0.15) is 6.61 Å². The Kier molecular flexibility index (Phi) is 55.6. The highest BCUT2D eigenvalue weighted by atomic mass is 31.2. The van der Waals surface area contributed by atoms with Crippen LogP contribution in [0.5, 0.6) is 0 Å². The molecule has 2 unspecified atom stereocenters. The minimum atomic E-state index is -4.37. The Labute approximate surface area is 438 Å². The standard InChI is InChI=1S/C61H114NO8P/c1-3-5-7-9-11-13-14-15-16-17-18-19-20-21-22-23-24-25-26-27-28-29-30-31-32-33-34-35-36-37-38-39-40-41-42-43-44-46-48-50-52-54-61(64)70-59(58-69-71(65,66)68-56-55-62)57-67-60(63)53-51-49-47-45-12-10-8-6-4-2/h5,7,11,13,15-16,18-19,59H,3-4,6,8-10,12,14,17,20-58,62H2,1-2H3,(H,65,66)/b7-5-,13-11-,16-15-,19-18-. The number of allylic oxidation sites excluding steroid dienone is 8. The molecule has 71 heavy (non-hydrogen) atoms. The third-order valence-corrected chi connectivity index (χ3v) is 14.2. The number of phosphoric ester groups is 1. The summed E-state index contributed by atoms with van der Waals surface area (Å²) in [5.41, 5.74) is 5.36. The topological polar surface area (TPSA) is 134 Å². The van der Waals surface area contributed by atoms with Gasteiger partial charge >= 0.3 is 19.8 Å². The van der Waals surface area contributed by atoms with Crippen LogP contribution in [0, 0.1) is 0 Å². The molecule has 0 radical (unpaired) electrons. The number of carbonyl (C=O) groups is 2. The molecule has 0 spiro atoms. The van der Waals surface area contributed by atoms with E-state index in [4.69, 9.17) is 24.3 Å². The van der Waals surface area contributed by atoms with Gasteiger partial charge in [-0.3, -0.25) is 18.6 Å². The van der Waals surface area contributed by atoms with Crippen LogP contribution in [0.3, 0.4) is 0 Å². The first kappa shape index (κ1) is 69.0. The zero-order chi connectivity index (χ0) is 51.7. The molecular weight excluding hydrogens is 906 g/mol. The van der Waals surface area contributed by atoms with Crippen LogP contribution in [-0.4, -0.2) is 49.3 Å². The molecule has 2 atom stereocenters. The molecule has 0 aliphatic rings. The fraction of sp³-hybridized carbons (Fsp3) is 0.836. The van der Waals surface area contributed by atoms with Gasteiger partial charge in [-0.25, -0.2) is 4.57 Å². The third kappa shape index (κ3) is 57.1. The number of unbranched alkanes of at least 4 members (excludes halogenated alkanes) is 36. The second-order valence-electron chi connectivity index (χ2n) is 20.2. The van der Waals surface area contributed by atoms with E-state index in [1.807, 2.05) is 0 Å². The Balaban J connectivity index is 3.65. The lowest BCUT2D eigenvalue weighted by Gasteiger charge is -2.19. The molecule has 0 heterocycles. The van der Waals surface area contributed by atoms with Crippen LogP contribution in [0.25, 0.3) is 0 Å². The maximum atomic E-state index is 12.6. The van der Waals surface area contributed by atoms with Crippen molar-refractivity contribution in [2.45, 2.75) is 302 Å². The molecule has 416 valence electrons. The van der Waals surface area contributed by atoms with Crippen molar-refractivity contribution < 1.29 is 37.6 Å². The summed E-state index contributed by atoms with van der Waals surface area (Å²) in [5.74, 6) is -0.817. The van der Waals surface area contributed by atoms with Gasteiger partial charge in [-0.1, -0.05) is 281 Å². The molecule has 0 amide bonds. The van der Waals surface area contributed by atoms with Crippen LogP contribution < -0.4 is 5.73 Å². The van der Waals surface area contributed by atoms with Gasteiger partial charge in [0, 0.05) is 19.4 Å². The van der Waals surface area contributed by atoms with E-state index < -0.39 is 26.5 Å². The first-order chi connectivity index (χ1) is 34.8. The predicted octanol–water partition coefficient (Wildman–Crippen LogP) is 19.0. The normalized spacial score (nSPS) is 13.4. The summed E-state index contributed by atoms with van der Waals surface area (Å²) in [6, 6.07) is 0. The summed E-state index contributed by atoms with van der Waals surface area (Å²) in [5, 5.41) is 0. The SMILES string of the molecule is CC/C=C\C/C=C\C/C=C\C/C=C\CCCCCCCCCCCCCCCCCCCCCCCCCCCCCCC(=O)OC(COC(=O)CCCCCCCCCCC)COP(=O)(O)OCCN. The Morgan fingerprint density at radius 1 is 0.437 bits per heavy atom. The predicted molar refractivity (Wildman–Crippen MR) is 303 cm³/mol. The van der Waals surface area contributed by atoms with Crippen LogP contribution in [-0.2, 0) is 32.7 Å². The molecule has 0 saturated heterocycles. The second-order valence-corrected chi connectivity index (χ2v) is 21.7. The first-order valence-corrected chi connectivity index (χ1v) is 31.6. The van der Waals surface area contributed by atoms with Crippen LogP contribution in [0.4, 0.5) is 0 Å². The van der Waals surface area contributed by atoms with Gasteiger partial charge in [-0.2, -0.15) is 0 Å². The molecule has 3 N–H and O–H groups in total. The molecule has 0 bridgehead atoms. The number of nitrogens with two attached hydrogens (primary N) is 1. The Hall–Kier alpha value is -2.03. The van der Waals surface area contributed by atoms with E-state index in [1.165, 1.54) is 205 Å². The van der Waals surface area contributed by atoms with E-state index in [0.29, 0.717) is 6.42 Å². The van der Waals surface area contributed by atoms with Crippen LogP contribution in [0.2, 0.25) is 0 Å². The van der Waals surface area contributed by atoms with E-state index in [2.05, 4.69) is 62.5 Å². The second kappa shape index (κ2) is 57.3. The van der Waals surface area contributed by atoms with Gasteiger partial charge in [0.15, 0.2) is 6.10 Å². The van der Waals surface area contributed by atoms with E-state index in [0.717, 1.165) is 57.8 Å². The number of phosphoric acid groups is 1. The fourth-order valence-corrected chi connectivity index (χ4v) is 9.57. The molecule has 0 saturated carbocycles. The number of hydrogen-bond donors (Lipinski definition) is 2. The number of esters is 2. The lowest BCUT2D eigenvalue weighted by molar-refractivity contribution is -0.161. The van der Waals surface area contributed by atoms with Crippen LogP contribution in [0.15, 0.2) is 48.6 Å². The van der Waals surface area contributed by atoms with Gasteiger partial charge in [0.25, 0.3) is 0 Å². The highest BCUT2D eigenvalue weighted by Gasteiger charge is 2.26. The van der Waals surface area contributed by atoms with E-state index >= 15 is 0 Å². The lowest BCUT2D eigenvalue weighted by Crippen LogP contribution is -2.29. The highest BCUT2D eigenvalue weighted by molar-refractivity contribution is 7.47. The Bertz CT molecular complexity index is 1300. The summed E-state index contributed by atoms with van der Waals surface area (Å²) in [6.45, 7) is 3.63. The zero-order valence-corrected chi connectivity index (χ0v) is 47.4. The number of carbonyl (C=O) groups excluding carboxylic acids is 2. The minimum Gasteiger partial charge on any atom is -0.462 e. The first-order valence-electron chi connectivity index (χ1n) is 30.1. The van der Waals surface area contributed by atoms with Crippen molar-refractivity contribution in [3.63, 3.8) is 0 Å². The summed E-state index contributed by atoms with van der Waals surface area (Å²) in [7, 11) is -4.37. The Morgan fingerprint density at radius 3 is 1.15 bits per heavy atom. The summed E-state index contributed by atoms with van der Waals surface area (Å²) in [4.78, 5) is 34.9. The number of hydrogen-bond acceptors (Lipinski definition) is 8. The molecule has 0 aliphatic heterocycles. The van der Waals surface area contributed by atoms with Gasteiger partial charge in [-0.15, -0.1) is 0 Å². The van der Waals surface area contributed by atoms with Crippen molar-refractivity contribution >= 4 is 19.8 Å². The third-order valence-electron chi connectivity index (χ3n) is 13.2. The molecule has 9 nitrogen and oxygen atoms in total. The monoisotopic (exact) mass is 1020 g/mol. The summed E-state index contributed by atoms with van der Waals surface area (Å²) >= 11 is 0. The average molecular weight is 1020 g/mol. The van der Waals surface area contributed by atoms with Crippen molar-refractivity contribution in [1.82, 2.24) is 0 Å². The number of ether oxygens (including phenoxy) is 2. The molecule has 0 rings (SSSR count). The van der Waals surface area contributed by atoms with E-state index in [9.17, 15) is 19.0 Å². The molecule has 0 aromatic heterocycles. The van der Waals surface area contributed by atoms with Gasteiger partial charge in [0.2, 0.25) is 0 Å². The fourth-order valence-electron chi connectivity index (χ4n) is 8.81. The molecule has 0 fully saturated rings. The van der Waals surface area contributed by atoms with Gasteiger partial charge in [-0.05, 0) is 51.4 Å². The minimum absolute atomic E-state index is 0.0561. The highest BCUT2D eigenvalue weighted by Crippen LogP contribution is 2.43. The van der Waals surface area contributed by atoms with Gasteiger partial charge in [0.05, 0.1) is 13.2 Å². The van der Waals surface area contributed by atoms with E-state index in [1.54, 1.807) is 0 Å². The van der Waals surface area contributed by atoms with Crippen molar-refractivity contribution in [2.24, 2.45) is 5.73 Å². The quantitative estimate of drug-likeness (QED) is 0.0264. The maximum Gasteiger partial charge on any atom is 0.472 e. The number of rotatable bonds is 57. The summed E-state index contributed by atoms with van der Waals surface area (Å²) in [6.07, 6.45) is 70.9. The Morgan fingerprint density at radius 2 is 0.775 bits per heavy atom. The van der Waals surface area contributed by atoms with Gasteiger partial charge < -0.3 is 20.1 Å². The molecule has 0 aromatic carbocycles. The van der Waals surface area contributed by atoms with Crippen LogP contribution in [0.1, 0.15) is 296 Å². The maximum absolute atomic E-state index is 12.6. The smallest absolute Gasteiger partial charge is 0.462 e. The molecule has 0 aliphatic carbocycles. The molecule has 10 heteroatoms. The van der Waals surface area contributed by atoms with E-state index in [-0.39, 0.29) is 38.6 Å². The van der Waals surface area contributed by atoms with Crippen molar-refractivity contribution in [3.05, 3.63) is 48.6 Å². The van der Waals surface area contributed by atoms with Crippen molar-refractivity contribution in [3.8, 4) is 0 Å².